The Morgan fingerprint density at radius 2 is 1.89 bits per heavy atom. The number of hydrogen-bond acceptors (Lipinski definition) is 4. The summed E-state index contributed by atoms with van der Waals surface area (Å²) in [5.74, 6) is 1.67. The first-order valence-corrected chi connectivity index (χ1v) is 12.1. The number of aromatic nitrogens is 2. The minimum atomic E-state index is -0.329. The van der Waals surface area contributed by atoms with Crippen molar-refractivity contribution in [1.82, 2.24) is 9.78 Å². The molecule has 0 aliphatic rings. The Hall–Kier alpha value is -4.32. The number of rotatable bonds is 8. The molecule has 0 radical (unpaired) electrons. The Kier molecular flexibility index (Phi) is 6.58. The van der Waals surface area contributed by atoms with Crippen molar-refractivity contribution in [2.75, 3.05) is 5.32 Å². The fourth-order valence-electron chi connectivity index (χ4n) is 4.28. The summed E-state index contributed by atoms with van der Waals surface area (Å²) in [5.41, 5.74) is 4.05. The predicted octanol–water partition coefficient (Wildman–Crippen LogP) is 6.94. The third kappa shape index (κ3) is 5.18. The summed E-state index contributed by atoms with van der Waals surface area (Å²) in [6.07, 6.45) is 3.46. The van der Waals surface area contributed by atoms with Crippen LogP contribution in [-0.2, 0) is 13.2 Å². The maximum absolute atomic E-state index is 12.7. The van der Waals surface area contributed by atoms with Gasteiger partial charge in [-0.2, -0.15) is 5.10 Å². The van der Waals surface area contributed by atoms with Crippen LogP contribution in [0, 0.1) is 6.92 Å². The molecule has 2 aromatic heterocycles. The number of fused-ring (bicyclic) bond motifs is 1. The largest absolute Gasteiger partial charge is 0.485 e. The lowest BCUT2D eigenvalue weighted by atomic mass is 10.0. The molecule has 1 amide bonds. The highest BCUT2D eigenvalue weighted by atomic mass is 16.5. The number of anilines is 1. The average Bonchev–Trinajstić information content (AvgIpc) is 3.52. The van der Waals surface area contributed by atoms with Crippen LogP contribution in [0.2, 0.25) is 0 Å². The van der Waals surface area contributed by atoms with Crippen LogP contribution < -0.4 is 10.1 Å². The summed E-state index contributed by atoms with van der Waals surface area (Å²) in [5, 5.41) is 9.66. The maximum atomic E-state index is 12.7. The van der Waals surface area contributed by atoms with Crippen molar-refractivity contribution in [1.29, 1.82) is 0 Å². The smallest absolute Gasteiger partial charge is 0.291 e. The lowest BCUT2D eigenvalue weighted by Gasteiger charge is -2.14. The molecule has 0 fully saturated rings. The number of furan rings is 1. The standard InChI is InChI=1S/C30H29N3O3/c1-20(2)26-13-11-21(3)15-29(26)35-19-25-12-14-28(36-25)30(34)32-24-16-31-33(18-24)17-23-9-6-8-22-7-4-5-10-27(22)23/h4-16,18,20H,17,19H2,1-3H3,(H,32,34). The molecule has 0 unspecified atom stereocenters. The zero-order valence-electron chi connectivity index (χ0n) is 20.7. The van der Waals surface area contributed by atoms with Crippen molar-refractivity contribution < 1.29 is 13.9 Å². The highest BCUT2D eigenvalue weighted by Gasteiger charge is 2.14. The van der Waals surface area contributed by atoms with E-state index in [4.69, 9.17) is 9.15 Å². The Balaban J connectivity index is 1.22. The molecule has 0 aliphatic carbocycles. The van der Waals surface area contributed by atoms with Gasteiger partial charge in [-0.3, -0.25) is 9.48 Å². The summed E-state index contributed by atoms with van der Waals surface area (Å²) < 4.78 is 13.6. The van der Waals surface area contributed by atoms with E-state index in [1.54, 1.807) is 18.3 Å². The quantitative estimate of drug-likeness (QED) is 0.262. The minimum absolute atomic E-state index is 0.226. The molecule has 3 aromatic carbocycles. The highest BCUT2D eigenvalue weighted by molar-refractivity contribution is 6.02. The number of carbonyl (C=O) groups is 1. The molecule has 6 heteroatoms. The molecule has 0 saturated heterocycles. The van der Waals surface area contributed by atoms with E-state index in [1.807, 2.05) is 42.1 Å². The van der Waals surface area contributed by atoms with Gasteiger partial charge in [0, 0.05) is 6.20 Å². The molecular weight excluding hydrogens is 450 g/mol. The number of benzene rings is 3. The summed E-state index contributed by atoms with van der Waals surface area (Å²) in [7, 11) is 0. The van der Waals surface area contributed by atoms with E-state index < -0.39 is 0 Å². The molecule has 0 aliphatic heterocycles. The molecule has 0 saturated carbocycles. The molecule has 0 atom stereocenters. The van der Waals surface area contributed by atoms with Crippen molar-refractivity contribution in [2.24, 2.45) is 0 Å². The van der Waals surface area contributed by atoms with Crippen LogP contribution in [0.4, 0.5) is 5.69 Å². The Morgan fingerprint density at radius 1 is 1.06 bits per heavy atom. The molecule has 5 rings (SSSR count). The highest BCUT2D eigenvalue weighted by Crippen LogP contribution is 2.28. The van der Waals surface area contributed by atoms with Gasteiger partial charge in [-0.15, -0.1) is 0 Å². The van der Waals surface area contributed by atoms with Crippen LogP contribution in [0.5, 0.6) is 5.75 Å². The van der Waals surface area contributed by atoms with E-state index in [1.165, 1.54) is 16.3 Å². The van der Waals surface area contributed by atoms with E-state index in [2.05, 4.69) is 60.7 Å². The third-order valence-electron chi connectivity index (χ3n) is 6.15. The number of nitrogens with one attached hydrogen (secondary N) is 1. The maximum Gasteiger partial charge on any atom is 0.291 e. The van der Waals surface area contributed by atoms with E-state index in [0.29, 0.717) is 23.9 Å². The first kappa shape index (κ1) is 23.4. The lowest BCUT2D eigenvalue weighted by molar-refractivity contribution is 0.0992. The van der Waals surface area contributed by atoms with Crippen molar-refractivity contribution >= 4 is 22.4 Å². The first-order valence-electron chi connectivity index (χ1n) is 12.1. The molecule has 182 valence electrons. The van der Waals surface area contributed by atoms with Gasteiger partial charge >= 0.3 is 0 Å². The van der Waals surface area contributed by atoms with E-state index in [0.717, 1.165) is 16.9 Å². The summed E-state index contributed by atoms with van der Waals surface area (Å²) >= 11 is 0. The van der Waals surface area contributed by atoms with Gasteiger partial charge in [-0.05, 0) is 58.5 Å². The van der Waals surface area contributed by atoms with E-state index >= 15 is 0 Å². The first-order chi connectivity index (χ1) is 17.5. The molecule has 0 spiro atoms. The SMILES string of the molecule is Cc1ccc(C(C)C)c(OCc2ccc(C(=O)Nc3cnn(Cc4cccc5ccccc45)c3)o2)c1. The monoisotopic (exact) mass is 479 g/mol. The lowest BCUT2D eigenvalue weighted by Crippen LogP contribution is -2.10. The summed E-state index contributed by atoms with van der Waals surface area (Å²) in [4.78, 5) is 12.7. The third-order valence-corrected chi connectivity index (χ3v) is 6.15. The van der Waals surface area contributed by atoms with Gasteiger partial charge < -0.3 is 14.5 Å². The van der Waals surface area contributed by atoms with Crippen molar-refractivity contribution in [3.05, 3.63) is 113 Å². The number of carbonyl (C=O) groups excluding carboxylic acids is 1. The van der Waals surface area contributed by atoms with Crippen LogP contribution >= 0.6 is 0 Å². The normalized spacial score (nSPS) is 11.2. The number of hydrogen-bond donors (Lipinski definition) is 1. The van der Waals surface area contributed by atoms with Crippen molar-refractivity contribution in [3.63, 3.8) is 0 Å². The van der Waals surface area contributed by atoms with E-state index in [9.17, 15) is 4.79 Å². The molecule has 6 nitrogen and oxygen atoms in total. The zero-order valence-corrected chi connectivity index (χ0v) is 20.7. The Morgan fingerprint density at radius 3 is 2.75 bits per heavy atom. The number of ether oxygens (including phenoxy) is 1. The molecule has 36 heavy (non-hydrogen) atoms. The average molecular weight is 480 g/mol. The van der Waals surface area contributed by atoms with Gasteiger partial charge in [0.15, 0.2) is 5.76 Å². The molecule has 0 bridgehead atoms. The topological polar surface area (TPSA) is 69.3 Å². The van der Waals surface area contributed by atoms with Crippen LogP contribution in [0.25, 0.3) is 10.8 Å². The van der Waals surface area contributed by atoms with Crippen molar-refractivity contribution in [3.8, 4) is 5.75 Å². The van der Waals surface area contributed by atoms with Gasteiger partial charge in [0.05, 0.1) is 18.4 Å². The number of amides is 1. The number of aryl methyl sites for hydroxylation is 1. The van der Waals surface area contributed by atoms with Gasteiger partial charge in [0.25, 0.3) is 5.91 Å². The number of nitrogens with zero attached hydrogens (tertiary/aromatic N) is 2. The second kappa shape index (κ2) is 10.1. The fourth-order valence-corrected chi connectivity index (χ4v) is 4.28. The molecule has 2 heterocycles. The van der Waals surface area contributed by atoms with Crippen LogP contribution in [-0.4, -0.2) is 15.7 Å². The predicted molar refractivity (Wildman–Crippen MR) is 142 cm³/mol. The van der Waals surface area contributed by atoms with Crippen molar-refractivity contribution in [2.45, 2.75) is 39.8 Å². The minimum Gasteiger partial charge on any atom is -0.485 e. The second-order valence-corrected chi connectivity index (χ2v) is 9.27. The molecule has 5 aromatic rings. The van der Waals surface area contributed by atoms with Gasteiger partial charge in [0.2, 0.25) is 0 Å². The second-order valence-electron chi connectivity index (χ2n) is 9.27. The van der Waals surface area contributed by atoms with Gasteiger partial charge in [0.1, 0.15) is 18.1 Å². The van der Waals surface area contributed by atoms with Crippen LogP contribution in [0.15, 0.2) is 89.6 Å². The molecule has 1 N–H and O–H groups in total. The Bertz CT molecular complexity index is 1510. The van der Waals surface area contributed by atoms with Crippen LogP contribution in [0.1, 0.15) is 52.8 Å². The zero-order chi connectivity index (χ0) is 25.1. The fraction of sp³-hybridized carbons (Fsp3) is 0.200. The van der Waals surface area contributed by atoms with Crippen LogP contribution in [0.3, 0.4) is 0 Å². The molecular formula is C30H29N3O3. The van der Waals surface area contributed by atoms with Gasteiger partial charge in [-0.1, -0.05) is 68.4 Å². The Labute approximate surface area is 210 Å². The summed E-state index contributed by atoms with van der Waals surface area (Å²) in [6, 6.07) is 24.1. The van der Waals surface area contributed by atoms with E-state index in [-0.39, 0.29) is 18.3 Å². The summed E-state index contributed by atoms with van der Waals surface area (Å²) in [6.45, 7) is 7.17. The van der Waals surface area contributed by atoms with Gasteiger partial charge in [-0.25, -0.2) is 0 Å².